The molecule has 112 valence electrons. The Labute approximate surface area is 126 Å². The first kappa shape index (κ1) is 15.6. The molecule has 1 aromatic rings. The van der Waals surface area contributed by atoms with E-state index >= 15 is 0 Å². The number of rotatable bonds is 4. The van der Waals surface area contributed by atoms with Gasteiger partial charge < -0.3 is 5.32 Å². The Balaban J connectivity index is 2.10. The van der Waals surface area contributed by atoms with Crippen molar-refractivity contribution in [2.24, 2.45) is 0 Å². The molecule has 1 aliphatic heterocycles. The van der Waals surface area contributed by atoms with Crippen LogP contribution < -0.4 is 10.0 Å². The van der Waals surface area contributed by atoms with Crippen molar-refractivity contribution in [2.45, 2.75) is 18.9 Å². The van der Waals surface area contributed by atoms with Gasteiger partial charge in [0.15, 0.2) is 0 Å². The van der Waals surface area contributed by atoms with Crippen LogP contribution >= 0.6 is 11.6 Å². The van der Waals surface area contributed by atoms with E-state index in [9.17, 15) is 12.6 Å². The van der Waals surface area contributed by atoms with Gasteiger partial charge in [0.25, 0.3) is 0 Å². The fraction of sp³-hybridized carbons (Fsp3) is 0.500. The zero-order valence-electron chi connectivity index (χ0n) is 11.1. The molecular weight excluding hydrogens is 320 g/mol. The second-order valence-electron chi connectivity index (χ2n) is 4.84. The lowest BCUT2D eigenvalue weighted by Gasteiger charge is -2.24. The minimum absolute atomic E-state index is 0.221. The molecule has 0 spiro atoms. The SMILES string of the molecule is CS(=O)(=O)Nc1ccc(Cl)c(NC2CCS(=O)CC2)c1. The highest BCUT2D eigenvalue weighted by molar-refractivity contribution is 7.92. The van der Waals surface area contributed by atoms with Gasteiger partial charge in [0.05, 0.1) is 22.7 Å². The van der Waals surface area contributed by atoms with Crippen LogP contribution in [0, 0.1) is 0 Å². The second kappa shape index (κ2) is 6.32. The number of sulfonamides is 1. The van der Waals surface area contributed by atoms with E-state index in [0.29, 0.717) is 27.9 Å². The summed E-state index contributed by atoms with van der Waals surface area (Å²) in [5, 5.41) is 3.83. The van der Waals surface area contributed by atoms with E-state index < -0.39 is 20.8 Å². The van der Waals surface area contributed by atoms with Crippen LogP contribution in [-0.2, 0) is 20.8 Å². The Morgan fingerprint density at radius 2 is 1.95 bits per heavy atom. The van der Waals surface area contributed by atoms with Crippen LogP contribution in [0.2, 0.25) is 5.02 Å². The number of hydrogen-bond acceptors (Lipinski definition) is 4. The number of halogens is 1. The third-order valence-corrected chi connectivity index (χ3v) is 5.34. The van der Waals surface area contributed by atoms with E-state index in [0.717, 1.165) is 19.1 Å². The first-order chi connectivity index (χ1) is 9.33. The molecule has 2 rings (SSSR count). The van der Waals surface area contributed by atoms with Gasteiger partial charge in [-0.1, -0.05) is 11.6 Å². The average Bonchev–Trinajstić information content (AvgIpc) is 2.34. The largest absolute Gasteiger partial charge is 0.381 e. The molecule has 0 saturated carbocycles. The van der Waals surface area contributed by atoms with Crippen molar-refractivity contribution in [3.05, 3.63) is 23.2 Å². The van der Waals surface area contributed by atoms with Crippen molar-refractivity contribution in [1.82, 2.24) is 0 Å². The van der Waals surface area contributed by atoms with Crippen LogP contribution in [0.4, 0.5) is 11.4 Å². The molecule has 5 nitrogen and oxygen atoms in total. The van der Waals surface area contributed by atoms with Gasteiger partial charge in [0.1, 0.15) is 0 Å². The van der Waals surface area contributed by atoms with Crippen molar-refractivity contribution in [1.29, 1.82) is 0 Å². The lowest BCUT2D eigenvalue weighted by Crippen LogP contribution is -2.29. The van der Waals surface area contributed by atoms with E-state index in [1.165, 1.54) is 0 Å². The molecule has 0 amide bonds. The maximum atomic E-state index is 11.3. The summed E-state index contributed by atoms with van der Waals surface area (Å²) in [5.41, 5.74) is 1.16. The van der Waals surface area contributed by atoms with Gasteiger partial charge in [0.2, 0.25) is 10.0 Å². The Bertz CT molecular complexity index is 609. The third-order valence-electron chi connectivity index (χ3n) is 3.02. The smallest absolute Gasteiger partial charge is 0.229 e. The number of hydrogen-bond donors (Lipinski definition) is 2. The van der Waals surface area contributed by atoms with E-state index in [1.807, 2.05) is 0 Å². The predicted molar refractivity (Wildman–Crippen MR) is 84.4 cm³/mol. The van der Waals surface area contributed by atoms with E-state index in [2.05, 4.69) is 10.0 Å². The first-order valence-electron chi connectivity index (χ1n) is 6.22. The topological polar surface area (TPSA) is 75.3 Å². The summed E-state index contributed by atoms with van der Waals surface area (Å²) in [6, 6.07) is 5.16. The van der Waals surface area contributed by atoms with Crippen LogP contribution in [0.1, 0.15) is 12.8 Å². The zero-order valence-corrected chi connectivity index (χ0v) is 13.4. The van der Waals surface area contributed by atoms with Crippen LogP contribution in [0.15, 0.2) is 18.2 Å². The Morgan fingerprint density at radius 3 is 2.55 bits per heavy atom. The molecule has 1 fully saturated rings. The molecule has 0 bridgehead atoms. The number of anilines is 2. The van der Waals surface area contributed by atoms with E-state index in [4.69, 9.17) is 11.6 Å². The summed E-state index contributed by atoms with van der Waals surface area (Å²) in [7, 11) is -4.01. The molecular formula is C12H17ClN2O3S2. The highest BCUT2D eigenvalue weighted by Gasteiger charge is 2.18. The molecule has 2 N–H and O–H groups in total. The first-order valence-corrected chi connectivity index (χ1v) is 9.98. The molecule has 1 saturated heterocycles. The highest BCUT2D eigenvalue weighted by atomic mass is 35.5. The van der Waals surface area contributed by atoms with Crippen LogP contribution in [-0.4, -0.2) is 36.4 Å². The Hall–Kier alpha value is -0.790. The van der Waals surface area contributed by atoms with E-state index in [-0.39, 0.29) is 6.04 Å². The van der Waals surface area contributed by atoms with Crippen molar-refractivity contribution < 1.29 is 12.6 Å². The van der Waals surface area contributed by atoms with Gasteiger partial charge in [-0.25, -0.2) is 8.42 Å². The molecule has 20 heavy (non-hydrogen) atoms. The Kier molecular flexibility index (Phi) is 4.93. The summed E-state index contributed by atoms with van der Waals surface area (Å²) in [6.07, 6.45) is 2.75. The molecule has 0 atom stereocenters. The lowest BCUT2D eigenvalue weighted by atomic mass is 10.1. The predicted octanol–water partition coefficient (Wildman–Crippen LogP) is 2.03. The van der Waals surface area contributed by atoms with Gasteiger partial charge in [-0.15, -0.1) is 0 Å². The third kappa shape index (κ3) is 4.64. The summed E-state index contributed by atoms with van der Waals surface area (Å²) in [5.74, 6) is 1.38. The van der Waals surface area contributed by atoms with Crippen molar-refractivity contribution in [3.8, 4) is 0 Å². The fourth-order valence-corrected chi connectivity index (χ4v) is 4.10. The fourth-order valence-electron chi connectivity index (χ4n) is 2.07. The van der Waals surface area contributed by atoms with Gasteiger partial charge in [0, 0.05) is 28.3 Å². The van der Waals surface area contributed by atoms with Gasteiger partial charge >= 0.3 is 0 Å². The molecule has 1 aliphatic rings. The molecule has 0 aromatic heterocycles. The molecule has 1 aromatic carbocycles. The van der Waals surface area contributed by atoms with Crippen molar-refractivity contribution in [2.75, 3.05) is 27.8 Å². The van der Waals surface area contributed by atoms with Crippen molar-refractivity contribution >= 4 is 43.8 Å². The summed E-state index contributed by atoms with van der Waals surface area (Å²) in [4.78, 5) is 0. The maximum absolute atomic E-state index is 11.3. The minimum atomic E-state index is -3.31. The molecule has 0 aliphatic carbocycles. The zero-order chi connectivity index (χ0) is 14.8. The molecule has 1 heterocycles. The molecule has 0 unspecified atom stereocenters. The highest BCUT2D eigenvalue weighted by Crippen LogP contribution is 2.28. The normalized spacial score (nSPS) is 23.3. The number of benzene rings is 1. The van der Waals surface area contributed by atoms with Crippen molar-refractivity contribution in [3.63, 3.8) is 0 Å². The van der Waals surface area contributed by atoms with E-state index in [1.54, 1.807) is 18.2 Å². The van der Waals surface area contributed by atoms with Gasteiger partial charge in [-0.05, 0) is 31.0 Å². The molecule has 0 radical (unpaired) electrons. The quantitative estimate of drug-likeness (QED) is 0.882. The summed E-state index contributed by atoms with van der Waals surface area (Å²) < 4.78 is 36.2. The standard InChI is InChI=1S/C12H17ClN2O3S2/c1-20(17,18)15-10-2-3-11(13)12(8-10)14-9-4-6-19(16)7-5-9/h2-3,8-9,14-15H,4-7H2,1H3. The second-order valence-corrected chi connectivity index (χ2v) is 8.69. The number of nitrogens with one attached hydrogen (secondary N) is 2. The Morgan fingerprint density at radius 1 is 1.30 bits per heavy atom. The van der Waals surface area contributed by atoms with Crippen LogP contribution in [0.5, 0.6) is 0 Å². The average molecular weight is 337 g/mol. The van der Waals surface area contributed by atoms with Crippen LogP contribution in [0.25, 0.3) is 0 Å². The summed E-state index contributed by atoms with van der Waals surface area (Å²) >= 11 is 6.12. The monoisotopic (exact) mass is 336 g/mol. The molecule has 8 heteroatoms. The maximum Gasteiger partial charge on any atom is 0.229 e. The lowest BCUT2D eigenvalue weighted by molar-refractivity contribution is 0.606. The van der Waals surface area contributed by atoms with Gasteiger partial charge in [-0.2, -0.15) is 0 Å². The minimum Gasteiger partial charge on any atom is -0.381 e. The van der Waals surface area contributed by atoms with Gasteiger partial charge in [-0.3, -0.25) is 8.93 Å². The van der Waals surface area contributed by atoms with Crippen LogP contribution in [0.3, 0.4) is 0 Å². The summed E-state index contributed by atoms with van der Waals surface area (Å²) in [6.45, 7) is 0.